The summed E-state index contributed by atoms with van der Waals surface area (Å²) in [7, 11) is 0. The normalized spacial score (nSPS) is 16.0. The maximum Gasteiger partial charge on any atom is 0.418 e. The van der Waals surface area contributed by atoms with E-state index in [1.807, 2.05) is 30.3 Å². The number of nitrogens with one attached hydrogen (secondary N) is 1. The van der Waals surface area contributed by atoms with Crippen molar-refractivity contribution in [3.05, 3.63) is 95.6 Å². The number of aliphatic imine (C=N–C) groups is 1. The average molecular weight is 451 g/mol. The summed E-state index contributed by atoms with van der Waals surface area (Å²) < 4.78 is 39.9. The average Bonchev–Trinajstić information content (AvgIpc) is 2.90. The molecular formula is C25H20F3N3O2. The van der Waals surface area contributed by atoms with E-state index in [0.29, 0.717) is 17.0 Å². The molecule has 1 N–H and O–H groups in total. The van der Waals surface area contributed by atoms with Gasteiger partial charge in [-0.15, -0.1) is 0 Å². The topological polar surface area (TPSA) is 61.8 Å². The van der Waals surface area contributed by atoms with E-state index in [2.05, 4.69) is 10.3 Å². The third kappa shape index (κ3) is 4.64. The second kappa shape index (κ2) is 8.90. The van der Waals surface area contributed by atoms with Crippen molar-refractivity contribution in [3.8, 4) is 0 Å². The molecule has 5 nitrogen and oxygen atoms in total. The number of rotatable bonds is 4. The summed E-state index contributed by atoms with van der Waals surface area (Å²) in [6.07, 6.45) is -4.62. The number of para-hydroxylation sites is 2. The maximum atomic E-state index is 13.3. The predicted octanol–water partition coefficient (Wildman–Crippen LogP) is 4.92. The zero-order chi connectivity index (χ0) is 23.6. The van der Waals surface area contributed by atoms with Crippen molar-refractivity contribution in [2.24, 2.45) is 4.99 Å². The number of halogens is 3. The van der Waals surface area contributed by atoms with Gasteiger partial charge in [0.15, 0.2) is 0 Å². The number of hydrogen-bond donors (Lipinski definition) is 1. The molecular weight excluding hydrogens is 431 g/mol. The van der Waals surface area contributed by atoms with E-state index in [4.69, 9.17) is 0 Å². The van der Waals surface area contributed by atoms with Crippen LogP contribution in [0.15, 0.2) is 83.9 Å². The molecule has 1 aliphatic heterocycles. The van der Waals surface area contributed by atoms with E-state index in [0.717, 1.165) is 11.6 Å². The standard InChI is InChI=1S/C25H20F3N3O2/c1-16-24(33)31(15-22(32)30-20-13-7-6-12-19(20)25(26,27)28)21-14-8-5-11-18(21)23(29-16)17-9-3-2-4-10-17/h2-14,16H,15H2,1H3,(H,30,32). The fourth-order valence-corrected chi connectivity index (χ4v) is 3.73. The summed E-state index contributed by atoms with van der Waals surface area (Å²) in [6, 6.07) is 20.3. The Hall–Kier alpha value is -3.94. The summed E-state index contributed by atoms with van der Waals surface area (Å²) in [5, 5.41) is 2.30. The highest BCUT2D eigenvalue weighted by Crippen LogP contribution is 2.35. The van der Waals surface area contributed by atoms with E-state index in [1.165, 1.54) is 23.1 Å². The van der Waals surface area contributed by atoms with Crippen LogP contribution in [0.2, 0.25) is 0 Å². The molecule has 0 aliphatic carbocycles. The molecule has 0 aromatic heterocycles. The Morgan fingerprint density at radius 1 is 0.970 bits per heavy atom. The maximum absolute atomic E-state index is 13.3. The molecule has 1 atom stereocenters. The highest BCUT2D eigenvalue weighted by molar-refractivity contribution is 6.20. The molecule has 2 amide bonds. The van der Waals surface area contributed by atoms with E-state index in [-0.39, 0.29) is 5.69 Å². The molecule has 1 aliphatic rings. The lowest BCUT2D eigenvalue weighted by atomic mass is 10.0. The van der Waals surface area contributed by atoms with Gasteiger partial charge in [-0.05, 0) is 25.1 Å². The van der Waals surface area contributed by atoms with E-state index >= 15 is 0 Å². The summed E-state index contributed by atoms with van der Waals surface area (Å²) in [5.74, 6) is -1.17. The number of alkyl halides is 3. The van der Waals surface area contributed by atoms with Gasteiger partial charge in [-0.25, -0.2) is 0 Å². The molecule has 0 spiro atoms. The van der Waals surface area contributed by atoms with Crippen LogP contribution in [0.5, 0.6) is 0 Å². The van der Waals surface area contributed by atoms with Gasteiger partial charge in [0.2, 0.25) is 5.91 Å². The van der Waals surface area contributed by atoms with Crippen molar-refractivity contribution in [2.45, 2.75) is 19.1 Å². The van der Waals surface area contributed by atoms with Crippen LogP contribution < -0.4 is 10.2 Å². The number of hydrogen-bond acceptors (Lipinski definition) is 3. The van der Waals surface area contributed by atoms with Gasteiger partial charge in [0.1, 0.15) is 12.6 Å². The first-order chi connectivity index (χ1) is 15.8. The van der Waals surface area contributed by atoms with E-state index < -0.39 is 36.1 Å². The van der Waals surface area contributed by atoms with Gasteiger partial charge in [0.25, 0.3) is 5.91 Å². The lowest BCUT2D eigenvalue weighted by Gasteiger charge is -2.24. The Labute approximate surface area is 188 Å². The Morgan fingerprint density at radius 2 is 1.61 bits per heavy atom. The summed E-state index contributed by atoms with van der Waals surface area (Å²) >= 11 is 0. The number of nitrogens with zero attached hydrogens (tertiary/aromatic N) is 2. The number of anilines is 2. The van der Waals surface area contributed by atoms with Gasteiger partial charge in [-0.2, -0.15) is 13.2 Å². The zero-order valence-electron chi connectivity index (χ0n) is 17.6. The van der Waals surface area contributed by atoms with Crippen LogP contribution >= 0.6 is 0 Å². The second-order valence-electron chi connectivity index (χ2n) is 7.55. The van der Waals surface area contributed by atoms with Crippen LogP contribution in [0.3, 0.4) is 0 Å². The highest BCUT2D eigenvalue weighted by Gasteiger charge is 2.34. The first kappa shape index (κ1) is 22.3. The molecule has 0 radical (unpaired) electrons. The summed E-state index contributed by atoms with van der Waals surface area (Å²) in [6.45, 7) is 1.17. The van der Waals surface area contributed by atoms with Gasteiger partial charge < -0.3 is 10.2 Å². The van der Waals surface area contributed by atoms with E-state index in [9.17, 15) is 22.8 Å². The number of fused-ring (bicyclic) bond motifs is 1. The number of benzodiazepines with no additional fused rings is 1. The van der Waals surface area contributed by atoms with E-state index in [1.54, 1.807) is 31.2 Å². The molecule has 33 heavy (non-hydrogen) atoms. The van der Waals surface area contributed by atoms with Gasteiger partial charge in [-0.3, -0.25) is 14.6 Å². The lowest BCUT2D eigenvalue weighted by Crippen LogP contribution is -2.42. The van der Waals surface area contributed by atoms with Crippen molar-refractivity contribution >= 4 is 28.9 Å². The fourth-order valence-electron chi connectivity index (χ4n) is 3.73. The fraction of sp³-hybridized carbons (Fsp3) is 0.160. The first-order valence-electron chi connectivity index (χ1n) is 10.3. The number of carbonyl (C=O) groups excluding carboxylic acids is 2. The molecule has 0 fully saturated rings. The largest absolute Gasteiger partial charge is 0.418 e. The predicted molar refractivity (Wildman–Crippen MR) is 120 cm³/mol. The van der Waals surface area contributed by atoms with Gasteiger partial charge in [0.05, 0.1) is 22.6 Å². The molecule has 168 valence electrons. The van der Waals surface area contributed by atoms with Crippen molar-refractivity contribution in [1.29, 1.82) is 0 Å². The molecule has 8 heteroatoms. The molecule has 0 saturated carbocycles. The Morgan fingerprint density at radius 3 is 2.33 bits per heavy atom. The zero-order valence-corrected chi connectivity index (χ0v) is 17.6. The Balaban J connectivity index is 1.67. The SMILES string of the molecule is CC1N=C(c2ccccc2)c2ccccc2N(CC(=O)Nc2ccccc2C(F)(F)F)C1=O. The van der Waals surface area contributed by atoms with Crippen LogP contribution in [0.1, 0.15) is 23.6 Å². The van der Waals surface area contributed by atoms with Crippen molar-refractivity contribution < 1.29 is 22.8 Å². The monoisotopic (exact) mass is 451 g/mol. The van der Waals surface area contributed by atoms with Crippen molar-refractivity contribution in [1.82, 2.24) is 0 Å². The van der Waals surface area contributed by atoms with Crippen molar-refractivity contribution in [3.63, 3.8) is 0 Å². The van der Waals surface area contributed by atoms with Gasteiger partial charge >= 0.3 is 6.18 Å². The smallest absolute Gasteiger partial charge is 0.324 e. The van der Waals surface area contributed by atoms with Crippen LogP contribution in [0.25, 0.3) is 0 Å². The number of carbonyl (C=O) groups is 2. The molecule has 0 bridgehead atoms. The van der Waals surface area contributed by atoms with Gasteiger partial charge in [0, 0.05) is 11.1 Å². The van der Waals surface area contributed by atoms with Crippen LogP contribution in [0.4, 0.5) is 24.5 Å². The second-order valence-corrected chi connectivity index (χ2v) is 7.55. The minimum absolute atomic E-state index is 0.361. The van der Waals surface area contributed by atoms with Crippen molar-refractivity contribution in [2.75, 3.05) is 16.8 Å². The Bertz CT molecular complexity index is 1220. The minimum Gasteiger partial charge on any atom is -0.324 e. The summed E-state index contributed by atoms with van der Waals surface area (Å²) in [5.41, 5.74) is 1.23. The first-order valence-corrected chi connectivity index (χ1v) is 10.3. The van der Waals surface area contributed by atoms with Gasteiger partial charge in [-0.1, -0.05) is 60.7 Å². The Kier molecular flexibility index (Phi) is 6.00. The highest BCUT2D eigenvalue weighted by atomic mass is 19.4. The third-order valence-corrected chi connectivity index (χ3v) is 5.25. The molecule has 4 rings (SSSR count). The third-order valence-electron chi connectivity index (χ3n) is 5.25. The molecule has 3 aromatic rings. The number of amides is 2. The lowest BCUT2D eigenvalue weighted by molar-refractivity contribution is -0.137. The quantitative estimate of drug-likeness (QED) is 0.612. The molecule has 3 aromatic carbocycles. The van der Waals surface area contributed by atoms with Crippen LogP contribution in [-0.4, -0.2) is 30.1 Å². The van der Waals surface area contributed by atoms with Crippen LogP contribution in [-0.2, 0) is 15.8 Å². The summed E-state index contributed by atoms with van der Waals surface area (Å²) in [4.78, 5) is 31.8. The molecule has 0 saturated heterocycles. The minimum atomic E-state index is -4.62. The molecule has 1 heterocycles. The van der Waals surface area contributed by atoms with Crippen LogP contribution in [0, 0.1) is 0 Å². The molecule has 1 unspecified atom stereocenters. The number of benzene rings is 3.